The van der Waals surface area contributed by atoms with Gasteiger partial charge in [-0.3, -0.25) is 0 Å². The molecule has 1 N–H and O–H groups in total. The van der Waals surface area contributed by atoms with Crippen molar-refractivity contribution in [1.82, 2.24) is 15.2 Å². The third-order valence-corrected chi connectivity index (χ3v) is 3.70. The number of rotatable bonds is 8. The highest BCUT2D eigenvalue weighted by atomic mass is 35.5. The van der Waals surface area contributed by atoms with Crippen LogP contribution in [0.15, 0.2) is 12.3 Å². The lowest BCUT2D eigenvalue weighted by Crippen LogP contribution is -2.26. The standard InChI is InChI=1S/C15H24ClN3O/c1-11(2)17-9-12-8-14(16)15(18-10-12)20-7-6-19(3)13-4-5-13/h8,10-11,13,17H,4-7,9H2,1-3H3. The van der Waals surface area contributed by atoms with E-state index in [0.717, 1.165) is 24.7 Å². The molecule has 0 bridgehead atoms. The quantitative estimate of drug-likeness (QED) is 0.800. The Balaban J connectivity index is 1.79. The second-order valence-corrected chi connectivity index (χ2v) is 6.13. The van der Waals surface area contributed by atoms with Crippen molar-refractivity contribution in [2.45, 2.75) is 45.3 Å². The number of ether oxygens (including phenoxy) is 1. The Morgan fingerprint density at radius 2 is 2.25 bits per heavy atom. The van der Waals surface area contributed by atoms with Crippen LogP contribution in [-0.2, 0) is 6.54 Å². The smallest absolute Gasteiger partial charge is 0.232 e. The minimum Gasteiger partial charge on any atom is -0.475 e. The van der Waals surface area contributed by atoms with Crippen molar-refractivity contribution in [1.29, 1.82) is 0 Å². The lowest BCUT2D eigenvalue weighted by Gasteiger charge is -2.16. The summed E-state index contributed by atoms with van der Waals surface area (Å²) in [5, 5.41) is 3.93. The van der Waals surface area contributed by atoms with Crippen molar-refractivity contribution in [3.8, 4) is 5.88 Å². The van der Waals surface area contributed by atoms with Crippen molar-refractivity contribution >= 4 is 11.6 Å². The molecule has 20 heavy (non-hydrogen) atoms. The highest BCUT2D eigenvalue weighted by Gasteiger charge is 2.25. The molecule has 0 radical (unpaired) electrons. The van der Waals surface area contributed by atoms with Gasteiger partial charge in [-0.25, -0.2) is 4.98 Å². The number of likely N-dealkylation sites (N-methyl/N-ethyl adjacent to an activating group) is 1. The van der Waals surface area contributed by atoms with Gasteiger partial charge >= 0.3 is 0 Å². The molecule has 0 saturated heterocycles. The van der Waals surface area contributed by atoms with Gasteiger partial charge in [-0.05, 0) is 31.5 Å². The average Bonchev–Trinajstić information content (AvgIpc) is 3.22. The fourth-order valence-electron chi connectivity index (χ4n) is 1.97. The molecule has 1 fully saturated rings. The Labute approximate surface area is 126 Å². The van der Waals surface area contributed by atoms with Crippen LogP contribution in [0.25, 0.3) is 0 Å². The summed E-state index contributed by atoms with van der Waals surface area (Å²) in [5.74, 6) is 0.532. The Kier molecular flexibility index (Phi) is 5.64. The molecule has 112 valence electrons. The van der Waals surface area contributed by atoms with E-state index in [4.69, 9.17) is 16.3 Å². The molecular weight excluding hydrogens is 274 g/mol. The fourth-order valence-corrected chi connectivity index (χ4v) is 2.22. The van der Waals surface area contributed by atoms with Gasteiger partial charge in [0.1, 0.15) is 11.6 Å². The predicted molar refractivity (Wildman–Crippen MR) is 82.4 cm³/mol. The Morgan fingerprint density at radius 1 is 1.50 bits per heavy atom. The van der Waals surface area contributed by atoms with E-state index >= 15 is 0 Å². The maximum atomic E-state index is 6.21. The molecule has 2 rings (SSSR count). The Morgan fingerprint density at radius 3 is 2.85 bits per heavy atom. The topological polar surface area (TPSA) is 37.4 Å². The van der Waals surface area contributed by atoms with Gasteiger partial charge in [-0.15, -0.1) is 0 Å². The monoisotopic (exact) mass is 297 g/mol. The number of hydrogen-bond donors (Lipinski definition) is 1. The molecule has 0 unspecified atom stereocenters. The fraction of sp³-hybridized carbons (Fsp3) is 0.667. The molecule has 1 heterocycles. The largest absolute Gasteiger partial charge is 0.475 e. The molecule has 4 nitrogen and oxygen atoms in total. The van der Waals surface area contributed by atoms with Crippen molar-refractivity contribution in [3.63, 3.8) is 0 Å². The van der Waals surface area contributed by atoms with Gasteiger partial charge in [0.15, 0.2) is 0 Å². The van der Waals surface area contributed by atoms with Gasteiger partial charge < -0.3 is 15.0 Å². The predicted octanol–water partition coefficient (Wildman–Crippen LogP) is 2.71. The van der Waals surface area contributed by atoms with E-state index in [1.165, 1.54) is 12.8 Å². The van der Waals surface area contributed by atoms with Crippen molar-refractivity contribution in [2.24, 2.45) is 0 Å². The van der Waals surface area contributed by atoms with E-state index in [1.54, 1.807) is 0 Å². The molecule has 0 aromatic carbocycles. The minimum atomic E-state index is 0.447. The molecule has 1 aromatic heterocycles. The lowest BCUT2D eigenvalue weighted by atomic mass is 10.2. The van der Waals surface area contributed by atoms with Gasteiger partial charge in [-0.2, -0.15) is 0 Å². The van der Waals surface area contributed by atoms with Crippen LogP contribution in [0.1, 0.15) is 32.3 Å². The Bertz CT molecular complexity index is 435. The van der Waals surface area contributed by atoms with Gasteiger partial charge in [0.05, 0.1) is 0 Å². The number of nitrogens with zero attached hydrogens (tertiary/aromatic N) is 2. The molecule has 1 aromatic rings. The lowest BCUT2D eigenvalue weighted by molar-refractivity contribution is 0.226. The summed E-state index contributed by atoms with van der Waals surface area (Å²) in [6, 6.07) is 3.12. The number of pyridine rings is 1. The summed E-state index contributed by atoms with van der Waals surface area (Å²) in [6.07, 6.45) is 4.45. The van der Waals surface area contributed by atoms with Gasteiger partial charge in [-0.1, -0.05) is 25.4 Å². The molecule has 0 aliphatic heterocycles. The van der Waals surface area contributed by atoms with Crippen LogP contribution >= 0.6 is 11.6 Å². The molecule has 5 heteroatoms. The number of halogens is 1. The van der Waals surface area contributed by atoms with Gasteiger partial charge in [0.25, 0.3) is 0 Å². The molecule has 0 amide bonds. The van der Waals surface area contributed by atoms with Crippen molar-refractivity contribution in [2.75, 3.05) is 20.2 Å². The maximum absolute atomic E-state index is 6.21. The van der Waals surface area contributed by atoms with E-state index in [9.17, 15) is 0 Å². The molecule has 1 aliphatic carbocycles. The van der Waals surface area contributed by atoms with Crippen LogP contribution in [0.2, 0.25) is 5.02 Å². The SMILES string of the molecule is CC(C)NCc1cnc(OCCN(C)C2CC2)c(Cl)c1. The second-order valence-electron chi connectivity index (χ2n) is 5.73. The van der Waals surface area contributed by atoms with Crippen LogP contribution < -0.4 is 10.1 Å². The van der Waals surface area contributed by atoms with Gasteiger partial charge in [0.2, 0.25) is 5.88 Å². The van der Waals surface area contributed by atoms with E-state index in [-0.39, 0.29) is 0 Å². The number of hydrogen-bond acceptors (Lipinski definition) is 4. The van der Waals surface area contributed by atoms with Crippen molar-refractivity contribution in [3.05, 3.63) is 22.8 Å². The van der Waals surface area contributed by atoms with Crippen LogP contribution in [0.3, 0.4) is 0 Å². The van der Waals surface area contributed by atoms with E-state index in [2.05, 4.69) is 36.1 Å². The third-order valence-electron chi connectivity index (χ3n) is 3.43. The molecule has 0 atom stereocenters. The van der Waals surface area contributed by atoms with E-state index < -0.39 is 0 Å². The van der Waals surface area contributed by atoms with E-state index in [1.807, 2.05) is 12.3 Å². The average molecular weight is 298 g/mol. The summed E-state index contributed by atoms with van der Waals surface area (Å²) in [5.41, 5.74) is 1.08. The highest BCUT2D eigenvalue weighted by molar-refractivity contribution is 6.31. The molecule has 1 saturated carbocycles. The zero-order valence-corrected chi connectivity index (χ0v) is 13.3. The first-order valence-electron chi connectivity index (χ1n) is 7.27. The highest BCUT2D eigenvalue weighted by Crippen LogP contribution is 2.25. The molecule has 0 spiro atoms. The summed E-state index contributed by atoms with van der Waals surface area (Å²) in [7, 11) is 2.14. The Hall–Kier alpha value is -0.840. The van der Waals surface area contributed by atoms with Gasteiger partial charge in [0, 0.05) is 31.4 Å². The molecule has 1 aliphatic rings. The summed E-state index contributed by atoms with van der Waals surface area (Å²) in [4.78, 5) is 6.63. The second kappa shape index (κ2) is 7.25. The van der Waals surface area contributed by atoms with Crippen molar-refractivity contribution < 1.29 is 4.74 Å². The maximum Gasteiger partial charge on any atom is 0.232 e. The zero-order chi connectivity index (χ0) is 14.5. The number of aromatic nitrogens is 1. The third kappa shape index (κ3) is 4.93. The first kappa shape index (κ1) is 15.5. The first-order valence-corrected chi connectivity index (χ1v) is 7.65. The van der Waals surface area contributed by atoms with Crippen LogP contribution in [-0.4, -0.2) is 42.2 Å². The normalized spacial score (nSPS) is 15.1. The van der Waals surface area contributed by atoms with Crippen LogP contribution in [0, 0.1) is 0 Å². The summed E-state index contributed by atoms with van der Waals surface area (Å²) in [6.45, 7) is 6.55. The zero-order valence-electron chi connectivity index (χ0n) is 12.5. The summed E-state index contributed by atoms with van der Waals surface area (Å²) >= 11 is 6.21. The number of nitrogens with one attached hydrogen (secondary N) is 1. The first-order chi connectivity index (χ1) is 9.56. The molecular formula is C15H24ClN3O. The van der Waals surface area contributed by atoms with E-state index in [0.29, 0.717) is 23.6 Å². The van der Waals surface area contributed by atoms with Crippen LogP contribution in [0.5, 0.6) is 5.88 Å². The summed E-state index contributed by atoms with van der Waals surface area (Å²) < 4.78 is 5.66. The minimum absolute atomic E-state index is 0.447. The van der Waals surface area contributed by atoms with Crippen LogP contribution in [0.4, 0.5) is 0 Å².